The molecule has 2 atom stereocenters. The molecule has 0 bridgehead atoms. The SMILES string of the molecule is CC(C)(C)OC(=O)NC1CC(C2CC2C(=O)O)C1. The van der Waals surface area contributed by atoms with Gasteiger partial charge < -0.3 is 15.2 Å². The van der Waals surface area contributed by atoms with Gasteiger partial charge in [0.1, 0.15) is 5.60 Å². The molecule has 0 aromatic heterocycles. The number of hydrogen-bond donors (Lipinski definition) is 2. The summed E-state index contributed by atoms with van der Waals surface area (Å²) in [6.07, 6.45) is 2.19. The van der Waals surface area contributed by atoms with Crippen molar-refractivity contribution in [3.63, 3.8) is 0 Å². The number of carboxylic acid groups (broad SMARTS) is 1. The van der Waals surface area contributed by atoms with Crippen molar-refractivity contribution < 1.29 is 19.4 Å². The molecular weight excluding hydrogens is 234 g/mol. The van der Waals surface area contributed by atoms with Crippen LogP contribution >= 0.6 is 0 Å². The summed E-state index contributed by atoms with van der Waals surface area (Å²) in [5, 5.41) is 11.7. The average Bonchev–Trinajstić information content (AvgIpc) is 2.86. The van der Waals surface area contributed by atoms with Gasteiger partial charge in [-0.3, -0.25) is 4.79 Å². The third-order valence-corrected chi connectivity index (χ3v) is 3.66. The lowest BCUT2D eigenvalue weighted by atomic mass is 9.76. The van der Waals surface area contributed by atoms with Gasteiger partial charge in [0.2, 0.25) is 0 Å². The monoisotopic (exact) mass is 255 g/mol. The van der Waals surface area contributed by atoms with Crippen LogP contribution in [0, 0.1) is 17.8 Å². The number of carbonyl (C=O) groups excluding carboxylic acids is 1. The van der Waals surface area contributed by atoms with Crippen molar-refractivity contribution in [2.75, 3.05) is 0 Å². The Morgan fingerprint density at radius 1 is 1.22 bits per heavy atom. The third-order valence-electron chi connectivity index (χ3n) is 3.66. The van der Waals surface area contributed by atoms with E-state index in [0.717, 1.165) is 19.3 Å². The summed E-state index contributed by atoms with van der Waals surface area (Å²) in [4.78, 5) is 22.2. The predicted molar refractivity (Wildman–Crippen MR) is 65.1 cm³/mol. The van der Waals surface area contributed by atoms with Crippen molar-refractivity contribution in [2.24, 2.45) is 17.8 Å². The van der Waals surface area contributed by atoms with E-state index in [1.807, 2.05) is 20.8 Å². The number of ether oxygens (including phenoxy) is 1. The zero-order chi connectivity index (χ0) is 13.5. The van der Waals surface area contributed by atoms with Crippen LogP contribution in [0.3, 0.4) is 0 Å². The number of carbonyl (C=O) groups is 2. The first-order valence-electron chi connectivity index (χ1n) is 6.48. The van der Waals surface area contributed by atoms with Crippen molar-refractivity contribution in [3.8, 4) is 0 Å². The number of aliphatic carboxylic acids is 1. The fourth-order valence-electron chi connectivity index (χ4n) is 2.62. The molecule has 2 saturated carbocycles. The molecule has 2 unspecified atom stereocenters. The van der Waals surface area contributed by atoms with Crippen LogP contribution in [0.4, 0.5) is 4.79 Å². The molecule has 2 aliphatic carbocycles. The molecule has 2 rings (SSSR count). The second-order valence-corrected chi connectivity index (χ2v) is 6.42. The molecule has 5 nitrogen and oxygen atoms in total. The molecule has 2 aliphatic rings. The largest absolute Gasteiger partial charge is 0.481 e. The van der Waals surface area contributed by atoms with E-state index in [9.17, 15) is 9.59 Å². The molecule has 2 fully saturated rings. The van der Waals surface area contributed by atoms with Crippen molar-refractivity contribution in [1.82, 2.24) is 5.32 Å². The fourth-order valence-corrected chi connectivity index (χ4v) is 2.62. The molecule has 2 N–H and O–H groups in total. The maximum Gasteiger partial charge on any atom is 0.407 e. The second kappa shape index (κ2) is 4.44. The Kier molecular flexibility index (Phi) is 3.25. The zero-order valence-electron chi connectivity index (χ0n) is 11.1. The highest BCUT2D eigenvalue weighted by molar-refractivity contribution is 5.73. The Bertz CT molecular complexity index is 354. The normalized spacial score (nSPS) is 34.4. The summed E-state index contributed by atoms with van der Waals surface area (Å²) >= 11 is 0. The van der Waals surface area contributed by atoms with E-state index in [2.05, 4.69) is 5.32 Å². The smallest absolute Gasteiger partial charge is 0.407 e. The summed E-state index contributed by atoms with van der Waals surface area (Å²) in [5.74, 6) is -0.0220. The standard InChI is InChI=1S/C13H21NO4/c1-13(2,3)18-12(17)14-8-4-7(5-8)9-6-10(9)11(15)16/h7-10H,4-6H2,1-3H3,(H,14,17)(H,15,16). The number of carboxylic acids is 1. The van der Waals surface area contributed by atoms with Gasteiger partial charge in [-0.15, -0.1) is 0 Å². The first kappa shape index (κ1) is 13.2. The highest BCUT2D eigenvalue weighted by Crippen LogP contribution is 2.51. The first-order valence-corrected chi connectivity index (χ1v) is 6.48. The molecule has 102 valence electrons. The van der Waals surface area contributed by atoms with E-state index in [1.54, 1.807) is 0 Å². The molecule has 0 aliphatic heterocycles. The summed E-state index contributed by atoms with van der Waals surface area (Å²) in [6, 6.07) is 0.153. The first-order chi connectivity index (χ1) is 8.26. The lowest BCUT2D eigenvalue weighted by Gasteiger charge is -2.36. The molecule has 0 aromatic rings. The Labute approximate surface area is 107 Å². The van der Waals surface area contributed by atoms with Gasteiger partial charge in [0.25, 0.3) is 0 Å². The van der Waals surface area contributed by atoms with Crippen LogP contribution in [0.15, 0.2) is 0 Å². The fraction of sp³-hybridized carbons (Fsp3) is 0.846. The van der Waals surface area contributed by atoms with E-state index in [4.69, 9.17) is 9.84 Å². The molecule has 5 heteroatoms. The van der Waals surface area contributed by atoms with Gasteiger partial charge in [-0.2, -0.15) is 0 Å². The lowest BCUT2D eigenvalue weighted by molar-refractivity contribution is -0.139. The maximum absolute atomic E-state index is 11.5. The predicted octanol–water partition coefficient (Wildman–Crippen LogP) is 2.01. The van der Waals surface area contributed by atoms with Crippen LogP contribution in [-0.2, 0) is 9.53 Å². The number of amides is 1. The van der Waals surface area contributed by atoms with Gasteiger partial charge in [0.05, 0.1) is 5.92 Å². The van der Waals surface area contributed by atoms with Crippen molar-refractivity contribution in [2.45, 2.75) is 51.7 Å². The second-order valence-electron chi connectivity index (χ2n) is 6.42. The van der Waals surface area contributed by atoms with Gasteiger partial charge in [-0.05, 0) is 51.9 Å². The van der Waals surface area contributed by atoms with E-state index in [1.165, 1.54) is 0 Å². The Hall–Kier alpha value is -1.26. The molecule has 0 saturated heterocycles. The van der Waals surface area contributed by atoms with Crippen molar-refractivity contribution in [1.29, 1.82) is 0 Å². The maximum atomic E-state index is 11.5. The molecule has 0 spiro atoms. The third kappa shape index (κ3) is 3.15. The summed E-state index contributed by atoms with van der Waals surface area (Å²) in [5.41, 5.74) is -0.474. The Morgan fingerprint density at radius 2 is 1.83 bits per heavy atom. The molecule has 0 aromatic carbocycles. The van der Waals surface area contributed by atoms with Gasteiger partial charge >= 0.3 is 12.1 Å². The minimum absolute atomic E-state index is 0.141. The van der Waals surface area contributed by atoms with Crippen molar-refractivity contribution >= 4 is 12.1 Å². The van der Waals surface area contributed by atoms with E-state index >= 15 is 0 Å². The minimum Gasteiger partial charge on any atom is -0.481 e. The van der Waals surface area contributed by atoms with Gasteiger partial charge in [-0.25, -0.2) is 4.79 Å². The van der Waals surface area contributed by atoms with Crippen LogP contribution < -0.4 is 5.32 Å². The topological polar surface area (TPSA) is 75.6 Å². The Morgan fingerprint density at radius 3 is 2.28 bits per heavy atom. The van der Waals surface area contributed by atoms with Crippen LogP contribution in [0.25, 0.3) is 0 Å². The number of alkyl carbamates (subject to hydrolysis) is 1. The highest BCUT2D eigenvalue weighted by Gasteiger charge is 2.51. The summed E-state index contributed by atoms with van der Waals surface area (Å²) in [6.45, 7) is 5.49. The molecular formula is C13H21NO4. The number of hydrogen-bond acceptors (Lipinski definition) is 3. The number of nitrogens with one attached hydrogen (secondary N) is 1. The quantitative estimate of drug-likeness (QED) is 0.809. The van der Waals surface area contributed by atoms with E-state index in [-0.39, 0.29) is 18.1 Å². The molecule has 1 amide bonds. The molecule has 18 heavy (non-hydrogen) atoms. The van der Waals surface area contributed by atoms with Crippen molar-refractivity contribution in [3.05, 3.63) is 0 Å². The van der Waals surface area contributed by atoms with Crippen LogP contribution in [0.1, 0.15) is 40.0 Å². The summed E-state index contributed by atoms with van der Waals surface area (Å²) < 4.78 is 5.17. The average molecular weight is 255 g/mol. The van der Waals surface area contributed by atoms with E-state index in [0.29, 0.717) is 11.8 Å². The number of rotatable bonds is 3. The van der Waals surface area contributed by atoms with Crippen LogP contribution in [0.5, 0.6) is 0 Å². The highest BCUT2D eigenvalue weighted by atomic mass is 16.6. The summed E-state index contributed by atoms with van der Waals surface area (Å²) in [7, 11) is 0. The molecule has 0 heterocycles. The minimum atomic E-state index is -0.677. The van der Waals surface area contributed by atoms with Gasteiger partial charge in [0.15, 0.2) is 0 Å². The lowest BCUT2D eigenvalue weighted by Crippen LogP contribution is -2.46. The van der Waals surface area contributed by atoms with Gasteiger partial charge in [-0.1, -0.05) is 0 Å². The van der Waals surface area contributed by atoms with E-state index < -0.39 is 11.6 Å². The Balaban J connectivity index is 1.65. The van der Waals surface area contributed by atoms with Gasteiger partial charge in [0, 0.05) is 6.04 Å². The van der Waals surface area contributed by atoms with Crippen LogP contribution in [0.2, 0.25) is 0 Å². The zero-order valence-corrected chi connectivity index (χ0v) is 11.1. The molecule has 0 radical (unpaired) electrons. The van der Waals surface area contributed by atoms with Crippen LogP contribution in [-0.4, -0.2) is 28.8 Å².